The summed E-state index contributed by atoms with van der Waals surface area (Å²) >= 11 is 1.16. The van der Waals surface area contributed by atoms with Gasteiger partial charge in [0.05, 0.1) is 12.2 Å². The number of nitrogens with zero attached hydrogens (tertiary/aromatic N) is 4. The molecule has 7 nitrogen and oxygen atoms in total. The molecule has 0 aliphatic carbocycles. The molecule has 0 spiro atoms. The Hall–Kier alpha value is -2.10. The Morgan fingerprint density at radius 2 is 2.00 bits per heavy atom. The van der Waals surface area contributed by atoms with Crippen LogP contribution >= 0.6 is 11.3 Å². The van der Waals surface area contributed by atoms with Crippen molar-refractivity contribution in [3.05, 3.63) is 53.2 Å². The maximum atomic E-state index is 12.1. The topological polar surface area (TPSA) is 89.8 Å². The largest absolute Gasteiger partial charge is 0.250 e. The summed E-state index contributed by atoms with van der Waals surface area (Å²) in [6, 6.07) is 10.9. The first-order valence-corrected chi connectivity index (χ1v) is 8.80. The van der Waals surface area contributed by atoms with Gasteiger partial charge in [0, 0.05) is 0 Å². The minimum absolute atomic E-state index is 0.0150. The first-order chi connectivity index (χ1) is 10.6. The Morgan fingerprint density at radius 3 is 2.68 bits per heavy atom. The Kier molecular flexibility index (Phi) is 4.01. The van der Waals surface area contributed by atoms with Crippen LogP contribution in [0.3, 0.4) is 0 Å². The standard InChI is InChI=1S/C13H13N5O2S2/c1-10-4-6-11(7-5-10)18-12(15-16-17-18)9-14-22(19,20)13-3-2-8-21-13/h2-8,14H,9H2,1H3. The van der Waals surface area contributed by atoms with E-state index in [1.165, 1.54) is 4.68 Å². The third-order valence-electron chi connectivity index (χ3n) is 2.99. The Morgan fingerprint density at radius 1 is 1.23 bits per heavy atom. The lowest BCUT2D eigenvalue weighted by Gasteiger charge is -2.06. The van der Waals surface area contributed by atoms with E-state index in [2.05, 4.69) is 20.2 Å². The number of sulfonamides is 1. The number of tetrazole rings is 1. The first-order valence-electron chi connectivity index (χ1n) is 6.44. The summed E-state index contributed by atoms with van der Waals surface area (Å²) in [7, 11) is -3.54. The van der Waals surface area contributed by atoms with Gasteiger partial charge in [0.2, 0.25) is 10.0 Å². The van der Waals surface area contributed by atoms with Crippen LogP contribution in [0.1, 0.15) is 11.4 Å². The lowest BCUT2D eigenvalue weighted by Crippen LogP contribution is -2.24. The number of aromatic nitrogens is 4. The maximum Gasteiger partial charge on any atom is 0.250 e. The molecule has 114 valence electrons. The van der Waals surface area contributed by atoms with Crippen molar-refractivity contribution in [2.45, 2.75) is 17.7 Å². The molecule has 0 fully saturated rings. The Balaban J connectivity index is 1.80. The van der Waals surface area contributed by atoms with Gasteiger partial charge in [-0.15, -0.1) is 16.4 Å². The average molecular weight is 335 g/mol. The van der Waals surface area contributed by atoms with Crippen LogP contribution in [0.4, 0.5) is 0 Å². The number of hydrogen-bond acceptors (Lipinski definition) is 6. The molecule has 1 N–H and O–H groups in total. The number of nitrogens with one attached hydrogen (secondary N) is 1. The van der Waals surface area contributed by atoms with E-state index in [0.717, 1.165) is 22.6 Å². The van der Waals surface area contributed by atoms with Gasteiger partial charge in [-0.3, -0.25) is 0 Å². The highest BCUT2D eigenvalue weighted by Gasteiger charge is 2.17. The normalized spacial score (nSPS) is 11.7. The lowest BCUT2D eigenvalue weighted by atomic mass is 10.2. The minimum Gasteiger partial charge on any atom is -0.206 e. The molecule has 0 aliphatic rings. The van der Waals surface area contributed by atoms with Crippen molar-refractivity contribution in [3.63, 3.8) is 0 Å². The molecular weight excluding hydrogens is 322 g/mol. The molecule has 22 heavy (non-hydrogen) atoms. The fourth-order valence-electron chi connectivity index (χ4n) is 1.85. The molecule has 3 aromatic rings. The number of rotatable bonds is 5. The molecule has 0 atom stereocenters. The van der Waals surface area contributed by atoms with Crippen LogP contribution in [0.25, 0.3) is 5.69 Å². The van der Waals surface area contributed by atoms with E-state index in [1.807, 2.05) is 31.2 Å². The molecule has 9 heteroatoms. The summed E-state index contributed by atoms with van der Waals surface area (Å²) in [5.41, 5.74) is 1.90. The number of benzene rings is 1. The van der Waals surface area contributed by atoms with Crippen molar-refractivity contribution in [1.82, 2.24) is 24.9 Å². The Bertz CT molecular complexity index is 854. The summed E-state index contributed by atoms with van der Waals surface area (Å²) < 4.78 is 28.5. The summed E-state index contributed by atoms with van der Waals surface area (Å²) in [6.07, 6.45) is 0. The molecule has 3 rings (SSSR count). The molecule has 2 aromatic heterocycles. The van der Waals surface area contributed by atoms with Crippen LogP contribution < -0.4 is 4.72 Å². The quantitative estimate of drug-likeness (QED) is 0.763. The number of thiophene rings is 1. The molecule has 0 amide bonds. The van der Waals surface area contributed by atoms with Gasteiger partial charge in [0.1, 0.15) is 4.21 Å². The second-order valence-electron chi connectivity index (χ2n) is 4.60. The van der Waals surface area contributed by atoms with Crippen molar-refractivity contribution in [3.8, 4) is 5.69 Å². The van der Waals surface area contributed by atoms with E-state index >= 15 is 0 Å². The molecule has 0 unspecified atom stereocenters. The number of aryl methyl sites for hydroxylation is 1. The SMILES string of the molecule is Cc1ccc(-n2nnnc2CNS(=O)(=O)c2cccs2)cc1. The monoisotopic (exact) mass is 335 g/mol. The molecule has 0 saturated carbocycles. The third kappa shape index (κ3) is 3.06. The predicted octanol–water partition coefficient (Wildman–Crippen LogP) is 1.51. The van der Waals surface area contributed by atoms with E-state index in [1.54, 1.807) is 17.5 Å². The Labute approximate surface area is 131 Å². The fraction of sp³-hybridized carbons (Fsp3) is 0.154. The van der Waals surface area contributed by atoms with Gasteiger partial charge in [-0.25, -0.2) is 13.1 Å². The van der Waals surface area contributed by atoms with Gasteiger partial charge in [0.25, 0.3) is 0 Å². The lowest BCUT2D eigenvalue weighted by molar-refractivity contribution is 0.580. The summed E-state index contributed by atoms with van der Waals surface area (Å²) in [5.74, 6) is 0.420. The minimum atomic E-state index is -3.54. The van der Waals surface area contributed by atoms with Gasteiger partial charge in [0.15, 0.2) is 5.82 Å². The third-order valence-corrected chi connectivity index (χ3v) is 5.79. The van der Waals surface area contributed by atoms with Crippen LogP contribution in [0, 0.1) is 6.92 Å². The molecule has 0 aliphatic heterocycles. The zero-order chi connectivity index (χ0) is 15.6. The van der Waals surface area contributed by atoms with Gasteiger partial charge < -0.3 is 0 Å². The van der Waals surface area contributed by atoms with Gasteiger partial charge >= 0.3 is 0 Å². The van der Waals surface area contributed by atoms with Gasteiger partial charge in [-0.2, -0.15) is 4.68 Å². The summed E-state index contributed by atoms with van der Waals surface area (Å²) in [6.45, 7) is 2.00. The molecule has 0 radical (unpaired) electrons. The maximum absolute atomic E-state index is 12.1. The van der Waals surface area contributed by atoms with Crippen molar-refractivity contribution in [2.24, 2.45) is 0 Å². The second kappa shape index (κ2) is 5.95. The van der Waals surface area contributed by atoms with Gasteiger partial charge in [-0.05, 0) is 40.9 Å². The molecule has 2 heterocycles. The molecule has 0 bridgehead atoms. The number of hydrogen-bond donors (Lipinski definition) is 1. The first kappa shape index (κ1) is 14.8. The van der Waals surface area contributed by atoms with Crippen molar-refractivity contribution in [2.75, 3.05) is 0 Å². The van der Waals surface area contributed by atoms with Crippen molar-refractivity contribution in [1.29, 1.82) is 0 Å². The van der Waals surface area contributed by atoms with E-state index < -0.39 is 10.0 Å². The molecule has 0 saturated heterocycles. The van der Waals surface area contributed by atoms with Crippen LogP contribution in [-0.2, 0) is 16.6 Å². The van der Waals surface area contributed by atoms with Gasteiger partial charge in [-0.1, -0.05) is 23.8 Å². The average Bonchev–Trinajstić information content (AvgIpc) is 3.18. The van der Waals surface area contributed by atoms with Crippen molar-refractivity contribution >= 4 is 21.4 Å². The highest BCUT2D eigenvalue weighted by atomic mass is 32.2. The zero-order valence-electron chi connectivity index (χ0n) is 11.7. The van der Waals surface area contributed by atoms with E-state index in [9.17, 15) is 8.42 Å². The second-order valence-corrected chi connectivity index (χ2v) is 7.54. The van der Waals surface area contributed by atoms with Crippen LogP contribution in [0.2, 0.25) is 0 Å². The predicted molar refractivity (Wildman–Crippen MR) is 82.2 cm³/mol. The van der Waals surface area contributed by atoms with Crippen LogP contribution in [-0.4, -0.2) is 28.6 Å². The van der Waals surface area contributed by atoms with E-state index in [-0.39, 0.29) is 10.8 Å². The highest BCUT2D eigenvalue weighted by Crippen LogP contribution is 2.16. The molecular formula is C13H13N5O2S2. The van der Waals surface area contributed by atoms with E-state index in [4.69, 9.17) is 0 Å². The van der Waals surface area contributed by atoms with Crippen LogP contribution in [0.15, 0.2) is 46.0 Å². The van der Waals surface area contributed by atoms with E-state index in [0.29, 0.717) is 5.82 Å². The smallest absolute Gasteiger partial charge is 0.206 e. The summed E-state index contributed by atoms with van der Waals surface area (Å²) in [4.78, 5) is 0. The van der Waals surface area contributed by atoms with Crippen LogP contribution in [0.5, 0.6) is 0 Å². The highest BCUT2D eigenvalue weighted by molar-refractivity contribution is 7.91. The fourth-order valence-corrected chi connectivity index (χ4v) is 3.87. The zero-order valence-corrected chi connectivity index (χ0v) is 13.3. The van der Waals surface area contributed by atoms with Crippen molar-refractivity contribution < 1.29 is 8.42 Å². The summed E-state index contributed by atoms with van der Waals surface area (Å²) in [5, 5.41) is 13.1. The molecule has 1 aromatic carbocycles.